The van der Waals surface area contributed by atoms with Crippen molar-refractivity contribution in [3.8, 4) is 0 Å². The van der Waals surface area contributed by atoms with Crippen LogP contribution in [0.15, 0.2) is 0 Å². The Hall–Kier alpha value is -1.17. The predicted octanol–water partition coefficient (Wildman–Crippen LogP) is 6.25. The number of hydrogen-bond donors (Lipinski definition) is 2. The maximum absolute atomic E-state index is 12.6. The molecule has 0 radical (unpaired) electrons. The second-order valence-electron chi connectivity index (χ2n) is 11.4. The maximum Gasteiger partial charge on any atom is 0.219 e. The number of carbonyl (C=O) groups is 4. The largest absolute Gasteiger partial charge is 0.360 e. The maximum atomic E-state index is 12.6. The van der Waals surface area contributed by atoms with Gasteiger partial charge in [-0.15, -0.1) is 0 Å². The standard InChI is InChI=1S/C29H55N2O5P/c1-6-8-9-10-11-12-13-14-15-16-17-18-20-26(32)23-25(30-27(33)7-2)24-29(35)37(36)28(34)21-19-22-31(3,4)5/h25,36H,6-24H2,1-5H3/p+1. The summed E-state index contributed by atoms with van der Waals surface area (Å²) in [7, 11) is 3.65. The summed E-state index contributed by atoms with van der Waals surface area (Å²) >= 11 is 0. The number of Topliss-reactive ketones (excluding diaryl/α,β-unsaturated/α-hetero) is 1. The van der Waals surface area contributed by atoms with Crippen molar-refractivity contribution < 1.29 is 28.6 Å². The van der Waals surface area contributed by atoms with Gasteiger partial charge in [0, 0.05) is 44.6 Å². The lowest BCUT2D eigenvalue weighted by molar-refractivity contribution is -0.870. The van der Waals surface area contributed by atoms with Crippen LogP contribution in [0.1, 0.15) is 129 Å². The van der Waals surface area contributed by atoms with Crippen molar-refractivity contribution in [3.63, 3.8) is 0 Å². The molecule has 0 rings (SSSR count). The van der Waals surface area contributed by atoms with E-state index in [0.29, 0.717) is 17.3 Å². The molecule has 8 heteroatoms. The summed E-state index contributed by atoms with van der Waals surface area (Å²) in [6.07, 6.45) is 16.0. The fourth-order valence-corrected chi connectivity index (χ4v) is 5.33. The van der Waals surface area contributed by atoms with Crippen molar-refractivity contribution in [3.05, 3.63) is 0 Å². The van der Waals surface area contributed by atoms with Crippen LogP contribution < -0.4 is 5.32 Å². The molecular weight excluding hydrogens is 487 g/mol. The number of ketones is 1. The first-order valence-electron chi connectivity index (χ1n) is 14.7. The molecule has 1 amide bonds. The van der Waals surface area contributed by atoms with Crippen LogP contribution in [0, 0.1) is 0 Å². The molecule has 0 aromatic carbocycles. The number of nitrogens with one attached hydrogen (secondary N) is 1. The van der Waals surface area contributed by atoms with E-state index >= 15 is 0 Å². The van der Waals surface area contributed by atoms with E-state index in [9.17, 15) is 24.1 Å². The second kappa shape index (κ2) is 21.7. The van der Waals surface area contributed by atoms with Crippen LogP contribution in [0.2, 0.25) is 0 Å². The van der Waals surface area contributed by atoms with Crippen molar-refractivity contribution >= 4 is 30.9 Å². The number of unbranched alkanes of at least 4 members (excludes halogenated alkanes) is 11. The molecule has 0 saturated heterocycles. The van der Waals surface area contributed by atoms with Gasteiger partial charge < -0.3 is 14.7 Å². The van der Waals surface area contributed by atoms with Crippen LogP contribution >= 0.6 is 8.15 Å². The molecular formula is C29H56N2O5P+. The van der Waals surface area contributed by atoms with Crippen LogP contribution in [0.25, 0.3) is 0 Å². The molecule has 0 aliphatic heterocycles. The molecule has 2 unspecified atom stereocenters. The Labute approximate surface area is 228 Å². The molecule has 0 spiro atoms. The van der Waals surface area contributed by atoms with Gasteiger partial charge in [0.2, 0.25) is 5.91 Å². The van der Waals surface area contributed by atoms with E-state index in [-0.39, 0.29) is 37.4 Å². The van der Waals surface area contributed by atoms with E-state index in [1.807, 2.05) is 21.1 Å². The summed E-state index contributed by atoms with van der Waals surface area (Å²) in [6, 6.07) is -0.666. The molecule has 0 heterocycles. The highest BCUT2D eigenvalue weighted by atomic mass is 31.1. The minimum absolute atomic E-state index is 0.0119. The molecule has 0 aliphatic rings. The van der Waals surface area contributed by atoms with Gasteiger partial charge in [0.1, 0.15) is 5.78 Å². The molecule has 2 atom stereocenters. The van der Waals surface area contributed by atoms with Gasteiger partial charge in [-0.25, -0.2) is 0 Å². The first-order chi connectivity index (χ1) is 17.5. The van der Waals surface area contributed by atoms with Crippen LogP contribution in [0.5, 0.6) is 0 Å². The first kappa shape index (κ1) is 35.8. The highest BCUT2D eigenvalue weighted by molar-refractivity contribution is 7.84. The Morgan fingerprint density at radius 1 is 0.703 bits per heavy atom. The lowest BCUT2D eigenvalue weighted by atomic mass is 10.0. The van der Waals surface area contributed by atoms with E-state index in [4.69, 9.17) is 0 Å². The molecule has 0 saturated carbocycles. The highest BCUT2D eigenvalue weighted by Crippen LogP contribution is 2.36. The van der Waals surface area contributed by atoms with Gasteiger partial charge >= 0.3 is 0 Å². The number of nitrogens with zero attached hydrogens (tertiary/aromatic N) is 1. The monoisotopic (exact) mass is 543 g/mol. The molecule has 216 valence electrons. The summed E-state index contributed by atoms with van der Waals surface area (Å²) in [6.45, 7) is 4.72. The third-order valence-corrected chi connectivity index (χ3v) is 7.93. The highest BCUT2D eigenvalue weighted by Gasteiger charge is 2.28. The zero-order chi connectivity index (χ0) is 28.1. The van der Waals surface area contributed by atoms with Gasteiger partial charge in [0.25, 0.3) is 0 Å². The molecule has 0 bridgehead atoms. The number of quaternary nitrogens is 1. The molecule has 0 aromatic rings. The topological polar surface area (TPSA) is 101 Å². The Morgan fingerprint density at radius 3 is 1.70 bits per heavy atom. The molecule has 0 fully saturated rings. The normalized spacial score (nSPS) is 13.2. The van der Waals surface area contributed by atoms with Crippen LogP contribution in [0.3, 0.4) is 0 Å². The number of rotatable bonds is 25. The Bertz CT molecular complexity index is 663. The quantitative estimate of drug-likeness (QED) is 0.0805. The van der Waals surface area contributed by atoms with Crippen molar-refractivity contribution in [2.75, 3.05) is 27.7 Å². The Morgan fingerprint density at radius 2 is 1.22 bits per heavy atom. The summed E-state index contributed by atoms with van der Waals surface area (Å²) in [5.41, 5.74) is -0.998. The molecule has 37 heavy (non-hydrogen) atoms. The third kappa shape index (κ3) is 21.5. The predicted molar refractivity (Wildman–Crippen MR) is 153 cm³/mol. The van der Waals surface area contributed by atoms with Gasteiger partial charge in [0.15, 0.2) is 19.2 Å². The van der Waals surface area contributed by atoms with Gasteiger partial charge in [-0.05, 0) is 6.42 Å². The average molecular weight is 544 g/mol. The van der Waals surface area contributed by atoms with E-state index in [1.54, 1.807) is 6.92 Å². The average Bonchev–Trinajstić information content (AvgIpc) is 2.83. The number of hydrogen-bond acceptors (Lipinski definition) is 5. The zero-order valence-electron chi connectivity index (χ0n) is 24.5. The third-order valence-electron chi connectivity index (χ3n) is 6.58. The Balaban J connectivity index is 4.31. The smallest absolute Gasteiger partial charge is 0.219 e. The van der Waals surface area contributed by atoms with E-state index < -0.39 is 25.2 Å². The molecule has 0 aromatic heterocycles. The summed E-state index contributed by atoms with van der Waals surface area (Å²) in [5, 5.41) is 2.74. The van der Waals surface area contributed by atoms with Gasteiger partial charge in [-0.2, -0.15) is 0 Å². The van der Waals surface area contributed by atoms with E-state index in [0.717, 1.165) is 25.8 Å². The van der Waals surface area contributed by atoms with E-state index in [1.165, 1.54) is 57.8 Å². The number of amides is 1. The second-order valence-corrected chi connectivity index (χ2v) is 13.0. The van der Waals surface area contributed by atoms with Crippen molar-refractivity contribution in [2.24, 2.45) is 0 Å². The van der Waals surface area contributed by atoms with Crippen LogP contribution in [-0.2, 0) is 19.2 Å². The minimum atomic E-state index is -2.41. The van der Waals surface area contributed by atoms with Crippen molar-refractivity contribution in [1.82, 2.24) is 5.32 Å². The fraction of sp³-hybridized carbons (Fsp3) is 0.862. The van der Waals surface area contributed by atoms with Crippen LogP contribution in [-0.4, -0.2) is 65.8 Å². The fourth-order valence-electron chi connectivity index (χ4n) is 4.29. The lowest BCUT2D eigenvalue weighted by Crippen LogP contribution is -2.37. The zero-order valence-corrected chi connectivity index (χ0v) is 25.4. The van der Waals surface area contributed by atoms with Gasteiger partial charge in [0.05, 0.1) is 27.7 Å². The van der Waals surface area contributed by atoms with Crippen molar-refractivity contribution in [1.29, 1.82) is 0 Å². The summed E-state index contributed by atoms with van der Waals surface area (Å²) in [4.78, 5) is 59.6. The van der Waals surface area contributed by atoms with Crippen LogP contribution in [0.4, 0.5) is 0 Å². The summed E-state index contributed by atoms with van der Waals surface area (Å²) in [5.74, 6) is -0.231. The lowest BCUT2D eigenvalue weighted by Gasteiger charge is -2.23. The number of carbonyl (C=O) groups excluding carboxylic acids is 4. The SMILES string of the molecule is CCCCCCCCCCCCCCC(=O)CC(CC(=O)P(O)C(=O)CCC[N+](C)(C)C)NC(=O)CC. The molecule has 0 aliphatic carbocycles. The van der Waals surface area contributed by atoms with Crippen molar-refractivity contribution in [2.45, 2.75) is 135 Å². The molecule has 7 nitrogen and oxygen atoms in total. The molecule has 2 N–H and O–H groups in total. The first-order valence-corrected chi connectivity index (χ1v) is 16.0. The summed E-state index contributed by atoms with van der Waals surface area (Å²) < 4.78 is 0.705. The van der Waals surface area contributed by atoms with Gasteiger partial charge in [-0.1, -0.05) is 84.5 Å². The van der Waals surface area contributed by atoms with Gasteiger partial charge in [-0.3, -0.25) is 19.2 Å². The van der Waals surface area contributed by atoms with E-state index in [2.05, 4.69) is 12.2 Å². The Kier molecular flexibility index (Phi) is 21.0. The minimum Gasteiger partial charge on any atom is -0.360 e.